The largest absolute Gasteiger partial charge is 0.481 e. The Labute approximate surface area is 103 Å². The molecule has 1 rings (SSSR count). The van der Waals surface area contributed by atoms with E-state index in [1.165, 1.54) is 12.1 Å². The van der Waals surface area contributed by atoms with Crippen molar-refractivity contribution in [2.75, 3.05) is 0 Å². The quantitative estimate of drug-likeness (QED) is 0.695. The maximum absolute atomic E-state index is 10.4. The van der Waals surface area contributed by atoms with Crippen LogP contribution in [0.4, 0.5) is 0 Å². The lowest BCUT2D eigenvalue weighted by atomic mass is 10.3. The standard InChI is InChI=1S/C6H6O3S.C4H6O4/c7-10(8,9)6-4-2-1-3-5-6;5-3(6)1-2-4(7)8/h1-5H,(H,7,8,9);1-2H2,(H,5,6)(H,7,8). The molecule has 7 nitrogen and oxygen atoms in total. The molecule has 0 spiro atoms. The molecule has 0 aliphatic rings. The summed E-state index contributed by atoms with van der Waals surface area (Å²) in [6, 6.07) is 7.42. The number of aliphatic carboxylic acids is 2. The van der Waals surface area contributed by atoms with Crippen molar-refractivity contribution in [3.63, 3.8) is 0 Å². The van der Waals surface area contributed by atoms with Gasteiger partial charge in [0.1, 0.15) is 0 Å². The minimum absolute atomic E-state index is 0.0741. The SMILES string of the molecule is O=C(O)CCC(=O)O.O=S(=O)(O)c1ccccc1. The van der Waals surface area contributed by atoms with Gasteiger partial charge in [0.25, 0.3) is 10.1 Å². The van der Waals surface area contributed by atoms with Crippen molar-refractivity contribution in [1.82, 2.24) is 0 Å². The third-order valence-electron chi connectivity index (χ3n) is 1.59. The number of carboxylic acid groups (broad SMARTS) is 2. The minimum atomic E-state index is -4.00. The monoisotopic (exact) mass is 276 g/mol. The van der Waals surface area contributed by atoms with Gasteiger partial charge in [-0.3, -0.25) is 14.1 Å². The van der Waals surface area contributed by atoms with Crippen LogP contribution in [0.5, 0.6) is 0 Å². The van der Waals surface area contributed by atoms with Crippen LogP contribution in [0.1, 0.15) is 12.8 Å². The Kier molecular flexibility index (Phi) is 6.61. The molecule has 1 aromatic carbocycles. The van der Waals surface area contributed by atoms with Gasteiger partial charge in [-0.1, -0.05) is 18.2 Å². The summed E-state index contributed by atoms with van der Waals surface area (Å²) in [6.45, 7) is 0. The molecular weight excluding hydrogens is 264 g/mol. The second-order valence-corrected chi connectivity index (χ2v) is 4.50. The van der Waals surface area contributed by atoms with E-state index in [1.807, 2.05) is 0 Å². The first kappa shape index (κ1) is 16.1. The summed E-state index contributed by atoms with van der Waals surface area (Å²) in [4.78, 5) is 19.2. The molecule has 0 heterocycles. The third-order valence-corrected chi connectivity index (χ3v) is 2.46. The molecule has 0 fully saturated rings. The molecule has 8 heteroatoms. The van der Waals surface area contributed by atoms with Crippen molar-refractivity contribution in [2.24, 2.45) is 0 Å². The molecule has 0 amide bonds. The molecule has 0 saturated carbocycles. The predicted octanol–water partition coefficient (Wildman–Crippen LogP) is 0.869. The Morgan fingerprint density at radius 2 is 1.33 bits per heavy atom. The summed E-state index contributed by atoms with van der Waals surface area (Å²) in [5.74, 6) is -2.15. The first-order chi connectivity index (χ1) is 8.23. The lowest BCUT2D eigenvalue weighted by Gasteiger charge is -1.92. The number of carbonyl (C=O) groups is 2. The van der Waals surface area contributed by atoms with Crippen LogP contribution < -0.4 is 0 Å². The van der Waals surface area contributed by atoms with E-state index in [0.717, 1.165) is 0 Å². The van der Waals surface area contributed by atoms with Crippen molar-refractivity contribution in [1.29, 1.82) is 0 Å². The Morgan fingerprint density at radius 1 is 0.944 bits per heavy atom. The van der Waals surface area contributed by atoms with Gasteiger partial charge in [0.05, 0.1) is 17.7 Å². The second kappa shape index (κ2) is 7.41. The molecule has 18 heavy (non-hydrogen) atoms. The van der Waals surface area contributed by atoms with E-state index in [4.69, 9.17) is 14.8 Å². The van der Waals surface area contributed by atoms with Gasteiger partial charge in [0.15, 0.2) is 0 Å². The van der Waals surface area contributed by atoms with E-state index in [0.29, 0.717) is 0 Å². The van der Waals surface area contributed by atoms with E-state index in [2.05, 4.69) is 0 Å². The summed E-state index contributed by atoms with van der Waals surface area (Å²) in [5.41, 5.74) is 0. The van der Waals surface area contributed by atoms with Gasteiger partial charge in [0, 0.05) is 0 Å². The van der Waals surface area contributed by atoms with Crippen molar-refractivity contribution >= 4 is 22.1 Å². The van der Waals surface area contributed by atoms with Crippen LogP contribution in [0.15, 0.2) is 35.2 Å². The highest BCUT2D eigenvalue weighted by atomic mass is 32.2. The second-order valence-electron chi connectivity index (χ2n) is 3.08. The lowest BCUT2D eigenvalue weighted by molar-refractivity contribution is -0.143. The van der Waals surface area contributed by atoms with Crippen LogP contribution >= 0.6 is 0 Å². The van der Waals surface area contributed by atoms with E-state index in [1.54, 1.807) is 18.2 Å². The average Bonchev–Trinajstić information content (AvgIpc) is 2.27. The van der Waals surface area contributed by atoms with E-state index < -0.39 is 22.1 Å². The van der Waals surface area contributed by atoms with Gasteiger partial charge < -0.3 is 10.2 Å². The van der Waals surface area contributed by atoms with Crippen LogP contribution in [0.25, 0.3) is 0 Å². The fourth-order valence-electron chi connectivity index (χ4n) is 0.806. The van der Waals surface area contributed by atoms with Gasteiger partial charge in [-0.25, -0.2) is 0 Å². The van der Waals surface area contributed by atoms with Gasteiger partial charge in [-0.2, -0.15) is 8.42 Å². The molecule has 100 valence electrons. The molecule has 0 aliphatic heterocycles. The first-order valence-corrected chi connectivity index (χ1v) is 6.13. The molecular formula is C10H12O7S. The molecule has 0 saturated heterocycles. The zero-order valence-corrected chi connectivity index (χ0v) is 10.0. The van der Waals surface area contributed by atoms with E-state index in [-0.39, 0.29) is 17.7 Å². The summed E-state index contributed by atoms with van der Waals surface area (Å²) in [7, 11) is -4.00. The number of rotatable bonds is 4. The maximum atomic E-state index is 10.4. The van der Waals surface area contributed by atoms with Gasteiger partial charge in [0.2, 0.25) is 0 Å². The molecule has 0 bridgehead atoms. The van der Waals surface area contributed by atoms with Crippen LogP contribution in [0, 0.1) is 0 Å². The molecule has 0 radical (unpaired) electrons. The lowest BCUT2D eigenvalue weighted by Crippen LogP contribution is -2.00. The van der Waals surface area contributed by atoms with Crippen LogP contribution in [0.3, 0.4) is 0 Å². The highest BCUT2D eigenvalue weighted by Gasteiger charge is 2.05. The van der Waals surface area contributed by atoms with Crippen molar-refractivity contribution in [3.8, 4) is 0 Å². The first-order valence-electron chi connectivity index (χ1n) is 4.69. The van der Waals surface area contributed by atoms with Crippen molar-refractivity contribution in [3.05, 3.63) is 30.3 Å². The Hall–Kier alpha value is -1.93. The smallest absolute Gasteiger partial charge is 0.303 e. The fourth-order valence-corrected chi connectivity index (χ4v) is 1.31. The van der Waals surface area contributed by atoms with Gasteiger partial charge in [-0.15, -0.1) is 0 Å². The fraction of sp³-hybridized carbons (Fsp3) is 0.200. The third kappa shape index (κ3) is 8.25. The topological polar surface area (TPSA) is 129 Å². The van der Waals surface area contributed by atoms with Gasteiger partial charge in [-0.05, 0) is 12.1 Å². The van der Waals surface area contributed by atoms with Gasteiger partial charge >= 0.3 is 11.9 Å². The predicted molar refractivity (Wildman–Crippen MR) is 60.8 cm³/mol. The van der Waals surface area contributed by atoms with Crippen LogP contribution in [-0.4, -0.2) is 35.1 Å². The molecule has 0 aromatic heterocycles. The summed E-state index contributed by atoms with van der Waals surface area (Å²) < 4.78 is 29.2. The molecule has 0 unspecified atom stereocenters. The molecule has 0 aliphatic carbocycles. The Morgan fingerprint density at radius 3 is 1.56 bits per heavy atom. The van der Waals surface area contributed by atoms with E-state index in [9.17, 15) is 18.0 Å². The van der Waals surface area contributed by atoms with Crippen molar-refractivity contribution < 1.29 is 32.8 Å². The molecule has 1 aromatic rings. The maximum Gasteiger partial charge on any atom is 0.303 e. The van der Waals surface area contributed by atoms with Crippen LogP contribution in [0.2, 0.25) is 0 Å². The Bertz CT molecular complexity index is 478. The van der Waals surface area contributed by atoms with Crippen LogP contribution in [-0.2, 0) is 19.7 Å². The van der Waals surface area contributed by atoms with E-state index >= 15 is 0 Å². The van der Waals surface area contributed by atoms with Crippen molar-refractivity contribution in [2.45, 2.75) is 17.7 Å². The minimum Gasteiger partial charge on any atom is -0.481 e. The molecule has 3 N–H and O–H groups in total. The molecule has 0 atom stereocenters. The summed E-state index contributed by atoms with van der Waals surface area (Å²) in [5, 5.41) is 15.8. The number of carboxylic acids is 2. The highest BCUT2D eigenvalue weighted by Crippen LogP contribution is 2.05. The zero-order chi connectivity index (χ0) is 14.2. The normalized spacial score (nSPS) is 10.1. The Balaban J connectivity index is 0.000000331. The summed E-state index contributed by atoms with van der Waals surface area (Å²) in [6.07, 6.45) is -0.593. The number of hydrogen-bond acceptors (Lipinski definition) is 4. The summed E-state index contributed by atoms with van der Waals surface area (Å²) >= 11 is 0. The highest BCUT2D eigenvalue weighted by molar-refractivity contribution is 7.85. The number of hydrogen-bond donors (Lipinski definition) is 3. The average molecular weight is 276 g/mol. The number of benzene rings is 1. The zero-order valence-electron chi connectivity index (χ0n) is 9.18.